The predicted molar refractivity (Wildman–Crippen MR) is 82.9 cm³/mol. The molecule has 0 radical (unpaired) electrons. The topological polar surface area (TPSA) is 29.1 Å². The molecule has 0 spiro atoms. The minimum Gasteiger partial charge on any atom is -0.349 e. The normalized spacial score (nSPS) is 23.1. The monoisotopic (exact) mass is 323 g/mol. The maximum absolute atomic E-state index is 12.4. The highest BCUT2D eigenvalue weighted by Gasteiger charge is 2.23. The van der Waals surface area contributed by atoms with Crippen molar-refractivity contribution in [3.8, 4) is 0 Å². The lowest BCUT2D eigenvalue weighted by Gasteiger charge is -2.28. The largest absolute Gasteiger partial charge is 0.349 e. The number of hydrogen-bond donors (Lipinski definition) is 1. The number of hydrogen-bond acceptors (Lipinski definition) is 1. The highest BCUT2D eigenvalue weighted by Crippen LogP contribution is 2.26. The van der Waals surface area contributed by atoms with Gasteiger partial charge in [-0.05, 0) is 56.6 Å². The lowest BCUT2D eigenvalue weighted by Crippen LogP contribution is -2.38. The van der Waals surface area contributed by atoms with Crippen LogP contribution in [0.1, 0.15) is 47.2 Å². The first kappa shape index (κ1) is 14.6. The van der Waals surface area contributed by atoms with E-state index in [9.17, 15) is 4.79 Å². The Labute approximate surface area is 124 Å². The fraction of sp³-hybridized carbons (Fsp3) is 0.562. The van der Waals surface area contributed by atoms with Crippen molar-refractivity contribution >= 4 is 21.8 Å². The van der Waals surface area contributed by atoms with Gasteiger partial charge in [0.1, 0.15) is 0 Å². The summed E-state index contributed by atoms with van der Waals surface area (Å²) in [5.41, 5.74) is 2.98. The van der Waals surface area contributed by atoms with E-state index in [0.717, 1.165) is 40.8 Å². The molecule has 2 rings (SSSR count). The average Bonchev–Trinajstić information content (AvgIpc) is 2.39. The van der Waals surface area contributed by atoms with Crippen LogP contribution in [0.25, 0.3) is 0 Å². The minimum atomic E-state index is 0.0953. The van der Waals surface area contributed by atoms with Crippen molar-refractivity contribution < 1.29 is 4.79 Å². The van der Waals surface area contributed by atoms with E-state index in [-0.39, 0.29) is 5.91 Å². The van der Waals surface area contributed by atoms with Crippen LogP contribution in [0.5, 0.6) is 0 Å². The molecule has 3 heteroatoms. The van der Waals surface area contributed by atoms with E-state index in [2.05, 4.69) is 21.2 Å². The third kappa shape index (κ3) is 3.59. The number of aryl methyl sites for hydroxylation is 2. The van der Waals surface area contributed by atoms with Crippen molar-refractivity contribution in [2.45, 2.75) is 45.6 Å². The Balaban J connectivity index is 1.98. The van der Waals surface area contributed by atoms with Crippen LogP contribution in [0.4, 0.5) is 0 Å². The van der Waals surface area contributed by atoms with Crippen molar-refractivity contribution in [2.75, 3.05) is 5.33 Å². The SMILES string of the molecule is Cc1cccc(C)c1C(=O)NC1CCC(CBr)CC1. The average molecular weight is 324 g/mol. The summed E-state index contributed by atoms with van der Waals surface area (Å²) >= 11 is 3.55. The second-order valence-electron chi connectivity index (χ2n) is 5.61. The maximum Gasteiger partial charge on any atom is 0.252 e. The van der Waals surface area contributed by atoms with Gasteiger partial charge in [-0.2, -0.15) is 0 Å². The number of nitrogens with one attached hydrogen (secondary N) is 1. The fourth-order valence-corrected chi connectivity index (χ4v) is 3.54. The molecule has 2 nitrogen and oxygen atoms in total. The van der Waals surface area contributed by atoms with Crippen LogP contribution in [-0.2, 0) is 0 Å². The molecule has 19 heavy (non-hydrogen) atoms. The standard InChI is InChI=1S/C16H22BrNO/c1-11-4-3-5-12(2)15(11)16(19)18-14-8-6-13(10-17)7-9-14/h3-5,13-14H,6-10H2,1-2H3,(H,18,19). The van der Waals surface area contributed by atoms with Gasteiger partial charge < -0.3 is 5.32 Å². The molecule has 0 aliphatic heterocycles. The summed E-state index contributed by atoms with van der Waals surface area (Å²) in [7, 11) is 0. The molecule has 1 fully saturated rings. The van der Waals surface area contributed by atoms with E-state index in [1.807, 2.05) is 32.0 Å². The van der Waals surface area contributed by atoms with E-state index in [1.165, 1.54) is 12.8 Å². The lowest BCUT2D eigenvalue weighted by molar-refractivity contribution is 0.0922. The molecule has 1 aromatic carbocycles. The number of carbonyl (C=O) groups is 1. The third-order valence-corrected chi connectivity index (χ3v) is 5.02. The quantitative estimate of drug-likeness (QED) is 0.837. The van der Waals surface area contributed by atoms with Crippen molar-refractivity contribution in [2.24, 2.45) is 5.92 Å². The van der Waals surface area contributed by atoms with E-state index < -0.39 is 0 Å². The minimum absolute atomic E-state index is 0.0953. The smallest absolute Gasteiger partial charge is 0.252 e. The molecule has 0 atom stereocenters. The second kappa shape index (κ2) is 6.56. The highest BCUT2D eigenvalue weighted by molar-refractivity contribution is 9.09. The van der Waals surface area contributed by atoms with E-state index >= 15 is 0 Å². The van der Waals surface area contributed by atoms with Crippen LogP contribution < -0.4 is 5.32 Å². The number of carbonyl (C=O) groups excluding carboxylic acids is 1. The number of rotatable bonds is 3. The molecule has 1 aliphatic carbocycles. The Morgan fingerprint density at radius 2 is 1.79 bits per heavy atom. The van der Waals surface area contributed by atoms with Crippen LogP contribution in [0, 0.1) is 19.8 Å². The van der Waals surface area contributed by atoms with Gasteiger partial charge in [-0.3, -0.25) is 4.79 Å². The molecular formula is C16H22BrNO. The zero-order valence-electron chi connectivity index (χ0n) is 11.7. The van der Waals surface area contributed by atoms with Gasteiger partial charge >= 0.3 is 0 Å². The first-order chi connectivity index (χ1) is 9.11. The maximum atomic E-state index is 12.4. The summed E-state index contributed by atoms with van der Waals surface area (Å²) in [4.78, 5) is 12.4. The van der Waals surface area contributed by atoms with Crippen LogP contribution >= 0.6 is 15.9 Å². The second-order valence-corrected chi connectivity index (χ2v) is 6.26. The molecular weight excluding hydrogens is 302 g/mol. The highest BCUT2D eigenvalue weighted by atomic mass is 79.9. The van der Waals surface area contributed by atoms with Gasteiger partial charge in [0.25, 0.3) is 5.91 Å². The third-order valence-electron chi connectivity index (χ3n) is 4.11. The van der Waals surface area contributed by atoms with Gasteiger partial charge in [0.15, 0.2) is 0 Å². The molecule has 1 aromatic rings. The summed E-state index contributed by atoms with van der Waals surface area (Å²) < 4.78 is 0. The molecule has 1 saturated carbocycles. The first-order valence-electron chi connectivity index (χ1n) is 7.05. The molecule has 0 aromatic heterocycles. The summed E-state index contributed by atoms with van der Waals surface area (Å²) in [5.74, 6) is 0.881. The summed E-state index contributed by atoms with van der Waals surface area (Å²) in [6.07, 6.45) is 4.63. The van der Waals surface area contributed by atoms with Crippen LogP contribution in [0.2, 0.25) is 0 Å². The molecule has 1 N–H and O–H groups in total. The number of halogens is 1. The predicted octanol–water partition coefficient (Wildman–Crippen LogP) is 3.99. The molecule has 104 valence electrons. The van der Waals surface area contributed by atoms with Crippen molar-refractivity contribution in [3.05, 3.63) is 34.9 Å². The van der Waals surface area contributed by atoms with Crippen LogP contribution in [0.15, 0.2) is 18.2 Å². The number of benzene rings is 1. The number of alkyl halides is 1. The zero-order valence-corrected chi connectivity index (χ0v) is 13.3. The van der Waals surface area contributed by atoms with Gasteiger partial charge in [0.2, 0.25) is 0 Å². The zero-order chi connectivity index (χ0) is 13.8. The molecule has 0 bridgehead atoms. The fourth-order valence-electron chi connectivity index (χ4n) is 2.89. The first-order valence-corrected chi connectivity index (χ1v) is 8.17. The number of amides is 1. The Kier molecular flexibility index (Phi) is 5.03. The van der Waals surface area contributed by atoms with Crippen molar-refractivity contribution in [1.82, 2.24) is 5.32 Å². The Morgan fingerprint density at radius 3 is 2.32 bits per heavy atom. The van der Waals surface area contributed by atoms with Crippen LogP contribution in [0.3, 0.4) is 0 Å². The van der Waals surface area contributed by atoms with Crippen molar-refractivity contribution in [3.63, 3.8) is 0 Å². The Morgan fingerprint density at radius 1 is 1.21 bits per heavy atom. The van der Waals surface area contributed by atoms with Crippen molar-refractivity contribution in [1.29, 1.82) is 0 Å². The van der Waals surface area contributed by atoms with E-state index in [0.29, 0.717) is 6.04 Å². The van der Waals surface area contributed by atoms with E-state index in [4.69, 9.17) is 0 Å². The van der Waals surface area contributed by atoms with Gasteiger partial charge in [-0.1, -0.05) is 34.1 Å². The Bertz CT molecular complexity index is 430. The van der Waals surface area contributed by atoms with Gasteiger partial charge in [0, 0.05) is 16.9 Å². The van der Waals surface area contributed by atoms with E-state index in [1.54, 1.807) is 0 Å². The molecule has 0 saturated heterocycles. The molecule has 1 aliphatic rings. The molecule has 0 heterocycles. The van der Waals surface area contributed by atoms with Crippen LogP contribution in [-0.4, -0.2) is 17.3 Å². The lowest BCUT2D eigenvalue weighted by atomic mass is 9.87. The summed E-state index contributed by atoms with van der Waals surface area (Å²) in [6, 6.07) is 6.36. The molecule has 1 amide bonds. The Hall–Kier alpha value is -0.830. The van der Waals surface area contributed by atoms with Gasteiger partial charge in [0.05, 0.1) is 0 Å². The van der Waals surface area contributed by atoms with Gasteiger partial charge in [-0.15, -0.1) is 0 Å². The summed E-state index contributed by atoms with van der Waals surface area (Å²) in [5, 5.41) is 4.30. The van der Waals surface area contributed by atoms with Gasteiger partial charge in [-0.25, -0.2) is 0 Å². The molecule has 0 unspecified atom stereocenters. The summed E-state index contributed by atoms with van der Waals surface area (Å²) in [6.45, 7) is 4.01.